The minimum Gasteiger partial charge on any atom is -0.338 e. The van der Waals surface area contributed by atoms with Gasteiger partial charge in [0.05, 0.1) is 26.5 Å². The summed E-state index contributed by atoms with van der Waals surface area (Å²) in [6.07, 6.45) is 3.31. The Balaban J connectivity index is 1.91. The Bertz CT molecular complexity index is 941. The minimum atomic E-state index is -0.318. The molecular weight excluding hydrogens is 335 g/mol. The van der Waals surface area contributed by atoms with E-state index in [1.54, 1.807) is 18.5 Å². The molecular formula is C15H8BrFN4. The van der Waals surface area contributed by atoms with Crippen molar-refractivity contribution in [3.8, 4) is 11.4 Å². The van der Waals surface area contributed by atoms with Gasteiger partial charge < -0.3 is 4.98 Å². The highest BCUT2D eigenvalue weighted by molar-refractivity contribution is 9.10. The Morgan fingerprint density at radius 1 is 0.952 bits per heavy atom. The summed E-state index contributed by atoms with van der Waals surface area (Å²) >= 11 is 3.17. The monoisotopic (exact) mass is 342 g/mol. The summed E-state index contributed by atoms with van der Waals surface area (Å²) < 4.78 is 14.0. The zero-order valence-corrected chi connectivity index (χ0v) is 12.2. The molecule has 21 heavy (non-hydrogen) atoms. The first-order valence-electron chi connectivity index (χ1n) is 6.26. The highest BCUT2D eigenvalue weighted by Crippen LogP contribution is 2.26. The van der Waals surface area contributed by atoms with Crippen molar-refractivity contribution in [1.82, 2.24) is 19.9 Å². The first kappa shape index (κ1) is 12.4. The van der Waals surface area contributed by atoms with Crippen molar-refractivity contribution in [2.45, 2.75) is 0 Å². The molecule has 0 atom stereocenters. The van der Waals surface area contributed by atoms with Crippen LogP contribution in [0.5, 0.6) is 0 Å². The van der Waals surface area contributed by atoms with Gasteiger partial charge in [0.1, 0.15) is 11.6 Å². The van der Waals surface area contributed by atoms with E-state index in [-0.39, 0.29) is 5.82 Å². The van der Waals surface area contributed by atoms with Crippen LogP contribution < -0.4 is 0 Å². The Hall–Kier alpha value is -2.34. The van der Waals surface area contributed by atoms with Crippen LogP contribution in [0.2, 0.25) is 0 Å². The molecule has 102 valence electrons. The number of imidazole rings is 1. The Kier molecular flexibility index (Phi) is 2.71. The lowest BCUT2D eigenvalue weighted by atomic mass is 10.2. The molecule has 0 aliphatic rings. The second-order valence-electron chi connectivity index (χ2n) is 4.63. The average Bonchev–Trinajstić information content (AvgIpc) is 2.90. The average molecular weight is 343 g/mol. The number of H-pyrrole nitrogens is 1. The molecule has 2 aromatic carbocycles. The van der Waals surface area contributed by atoms with Crippen LogP contribution in [0, 0.1) is 5.82 Å². The van der Waals surface area contributed by atoms with Gasteiger partial charge in [0, 0.05) is 24.0 Å². The number of fused-ring (bicyclic) bond motifs is 2. The first-order chi connectivity index (χ1) is 10.2. The maximum atomic E-state index is 13.6. The summed E-state index contributed by atoms with van der Waals surface area (Å²) in [5.41, 5.74) is 3.87. The second-order valence-corrected chi connectivity index (χ2v) is 5.48. The van der Waals surface area contributed by atoms with Gasteiger partial charge >= 0.3 is 0 Å². The van der Waals surface area contributed by atoms with Gasteiger partial charge in [0.2, 0.25) is 0 Å². The van der Waals surface area contributed by atoms with Crippen molar-refractivity contribution >= 4 is 38.0 Å². The van der Waals surface area contributed by atoms with Gasteiger partial charge in [0.25, 0.3) is 0 Å². The highest BCUT2D eigenvalue weighted by Gasteiger charge is 2.09. The fourth-order valence-corrected chi connectivity index (χ4v) is 2.58. The third-order valence-corrected chi connectivity index (χ3v) is 3.87. The molecule has 0 fully saturated rings. The Morgan fingerprint density at radius 3 is 2.62 bits per heavy atom. The number of aromatic amines is 1. The molecule has 0 spiro atoms. The molecule has 0 amide bonds. The molecule has 6 heteroatoms. The quantitative estimate of drug-likeness (QED) is 0.567. The molecule has 2 aromatic heterocycles. The summed E-state index contributed by atoms with van der Waals surface area (Å²) in [6, 6.07) is 8.80. The summed E-state index contributed by atoms with van der Waals surface area (Å²) in [6.45, 7) is 0. The van der Waals surface area contributed by atoms with Gasteiger partial charge in [-0.25, -0.2) is 9.37 Å². The maximum absolute atomic E-state index is 13.6. The van der Waals surface area contributed by atoms with Crippen LogP contribution in [-0.4, -0.2) is 19.9 Å². The van der Waals surface area contributed by atoms with Gasteiger partial charge in [-0.05, 0) is 40.2 Å². The summed E-state index contributed by atoms with van der Waals surface area (Å²) in [5.74, 6) is 0.358. The number of aromatic nitrogens is 4. The van der Waals surface area contributed by atoms with E-state index in [0.29, 0.717) is 21.3 Å². The lowest BCUT2D eigenvalue weighted by Gasteiger charge is -1.99. The molecule has 0 unspecified atom stereocenters. The standard InChI is InChI=1S/C15H8BrFN4/c16-9-6-13-14(7-10(9)17)21-15(20-13)8-1-2-11-12(5-8)19-4-3-18-11/h1-7H,(H,20,21). The van der Waals surface area contributed by atoms with Crippen LogP contribution in [0.4, 0.5) is 4.39 Å². The van der Waals surface area contributed by atoms with Crippen molar-refractivity contribution in [2.24, 2.45) is 0 Å². The van der Waals surface area contributed by atoms with Crippen molar-refractivity contribution in [1.29, 1.82) is 0 Å². The van der Waals surface area contributed by atoms with E-state index in [1.807, 2.05) is 18.2 Å². The van der Waals surface area contributed by atoms with Gasteiger partial charge in [-0.1, -0.05) is 0 Å². The fourth-order valence-electron chi connectivity index (χ4n) is 2.25. The summed E-state index contributed by atoms with van der Waals surface area (Å²) in [4.78, 5) is 16.1. The number of benzene rings is 2. The molecule has 0 aliphatic carbocycles. The molecule has 0 aliphatic heterocycles. The van der Waals surface area contributed by atoms with Crippen LogP contribution >= 0.6 is 15.9 Å². The summed E-state index contributed by atoms with van der Waals surface area (Å²) in [5, 5.41) is 0. The molecule has 4 nitrogen and oxygen atoms in total. The van der Waals surface area contributed by atoms with E-state index in [2.05, 4.69) is 35.9 Å². The molecule has 0 saturated heterocycles. The zero-order valence-electron chi connectivity index (χ0n) is 10.6. The van der Waals surface area contributed by atoms with E-state index >= 15 is 0 Å². The predicted octanol–water partition coefficient (Wildman–Crippen LogP) is 4.07. The van der Waals surface area contributed by atoms with Gasteiger partial charge in [-0.3, -0.25) is 9.97 Å². The van der Waals surface area contributed by atoms with E-state index in [0.717, 1.165) is 16.6 Å². The van der Waals surface area contributed by atoms with Gasteiger partial charge in [0.15, 0.2) is 0 Å². The molecule has 2 heterocycles. The van der Waals surface area contributed by atoms with E-state index in [1.165, 1.54) is 6.07 Å². The zero-order chi connectivity index (χ0) is 14.4. The van der Waals surface area contributed by atoms with Crippen LogP contribution in [0.1, 0.15) is 0 Å². The van der Waals surface area contributed by atoms with Crippen LogP contribution in [0.25, 0.3) is 33.5 Å². The molecule has 0 radical (unpaired) electrons. The predicted molar refractivity (Wildman–Crippen MR) is 82.3 cm³/mol. The fraction of sp³-hybridized carbons (Fsp3) is 0. The van der Waals surface area contributed by atoms with Crippen molar-refractivity contribution in [3.63, 3.8) is 0 Å². The molecule has 4 aromatic rings. The molecule has 1 N–H and O–H groups in total. The normalized spacial score (nSPS) is 11.3. The van der Waals surface area contributed by atoms with Crippen molar-refractivity contribution in [2.75, 3.05) is 0 Å². The summed E-state index contributed by atoms with van der Waals surface area (Å²) in [7, 11) is 0. The molecule has 0 saturated carbocycles. The largest absolute Gasteiger partial charge is 0.338 e. The smallest absolute Gasteiger partial charge is 0.139 e. The van der Waals surface area contributed by atoms with Crippen molar-refractivity contribution in [3.05, 3.63) is 53.0 Å². The van der Waals surface area contributed by atoms with Gasteiger partial charge in [-0.2, -0.15) is 0 Å². The van der Waals surface area contributed by atoms with E-state index < -0.39 is 0 Å². The Labute approximate surface area is 127 Å². The van der Waals surface area contributed by atoms with Gasteiger partial charge in [-0.15, -0.1) is 0 Å². The lowest BCUT2D eigenvalue weighted by Crippen LogP contribution is -1.85. The number of nitrogens with zero attached hydrogens (tertiary/aromatic N) is 3. The maximum Gasteiger partial charge on any atom is 0.139 e. The molecule has 4 rings (SSSR count). The van der Waals surface area contributed by atoms with Crippen LogP contribution in [0.15, 0.2) is 47.2 Å². The number of halogens is 2. The third kappa shape index (κ3) is 2.08. The van der Waals surface area contributed by atoms with Crippen LogP contribution in [-0.2, 0) is 0 Å². The second kappa shape index (κ2) is 4.60. The third-order valence-electron chi connectivity index (χ3n) is 3.27. The number of nitrogens with one attached hydrogen (secondary N) is 1. The van der Waals surface area contributed by atoms with E-state index in [9.17, 15) is 4.39 Å². The lowest BCUT2D eigenvalue weighted by molar-refractivity contribution is 0.623. The number of rotatable bonds is 1. The Morgan fingerprint density at radius 2 is 1.76 bits per heavy atom. The molecule has 0 bridgehead atoms. The SMILES string of the molecule is Fc1cc2[nH]c(-c3ccc4nccnc4c3)nc2cc1Br. The minimum absolute atomic E-state index is 0.318. The number of hydrogen-bond donors (Lipinski definition) is 1. The highest BCUT2D eigenvalue weighted by atomic mass is 79.9. The van der Waals surface area contributed by atoms with E-state index in [4.69, 9.17) is 0 Å². The topological polar surface area (TPSA) is 54.5 Å². The van der Waals surface area contributed by atoms with Crippen molar-refractivity contribution < 1.29 is 4.39 Å². The number of hydrogen-bond acceptors (Lipinski definition) is 3. The van der Waals surface area contributed by atoms with Crippen LogP contribution in [0.3, 0.4) is 0 Å². The first-order valence-corrected chi connectivity index (χ1v) is 7.06.